The molecule has 2 aliphatic rings. The van der Waals surface area contributed by atoms with E-state index < -0.39 is 30.1 Å². The Hall–Kier alpha value is -4.08. The number of nitrogens with zero attached hydrogens (tertiary/aromatic N) is 1. The number of para-hydroxylation sites is 1. The fraction of sp³-hybridized carbons (Fsp3) is 0.385. The maximum atomic E-state index is 12.8. The minimum absolute atomic E-state index is 0.0938. The van der Waals surface area contributed by atoms with Crippen molar-refractivity contribution in [1.29, 1.82) is 0 Å². The first-order valence-corrected chi connectivity index (χ1v) is 12.0. The molecule has 1 saturated heterocycles. The summed E-state index contributed by atoms with van der Waals surface area (Å²) in [4.78, 5) is 50.9. The van der Waals surface area contributed by atoms with Gasteiger partial charge < -0.3 is 24.5 Å². The third kappa shape index (κ3) is 4.34. The number of anilines is 1. The molecule has 2 heterocycles. The van der Waals surface area contributed by atoms with E-state index in [2.05, 4.69) is 10.6 Å². The molecule has 10 heteroatoms. The Kier molecular flexibility index (Phi) is 6.26. The third-order valence-corrected chi connectivity index (χ3v) is 6.83. The molecule has 0 bridgehead atoms. The van der Waals surface area contributed by atoms with Gasteiger partial charge in [-0.2, -0.15) is 0 Å². The van der Waals surface area contributed by atoms with E-state index in [0.29, 0.717) is 35.4 Å². The lowest BCUT2D eigenvalue weighted by Crippen LogP contribution is -2.48. The lowest BCUT2D eigenvalue weighted by molar-refractivity contribution is -0.147. The number of hydrogen-bond donors (Lipinski definition) is 2. The van der Waals surface area contributed by atoms with Crippen molar-refractivity contribution >= 4 is 51.4 Å². The van der Waals surface area contributed by atoms with Gasteiger partial charge in [0.25, 0.3) is 11.8 Å². The lowest BCUT2D eigenvalue weighted by atomic mass is 9.82. The van der Waals surface area contributed by atoms with Crippen molar-refractivity contribution < 1.29 is 33.1 Å². The Bertz CT molecular complexity index is 1360. The number of esters is 1. The average Bonchev–Trinajstić information content (AvgIpc) is 3.34. The summed E-state index contributed by atoms with van der Waals surface area (Å²) >= 11 is 0. The summed E-state index contributed by atoms with van der Waals surface area (Å²) < 4.78 is 16.3. The number of carbonyl (C=O) groups excluding carboxylic acids is 4. The van der Waals surface area contributed by atoms with Crippen molar-refractivity contribution in [3.8, 4) is 5.75 Å². The number of hydrogen-bond acceptors (Lipinski definition) is 7. The van der Waals surface area contributed by atoms with E-state index in [1.807, 2.05) is 24.3 Å². The van der Waals surface area contributed by atoms with Crippen LogP contribution in [0.1, 0.15) is 38.5 Å². The van der Waals surface area contributed by atoms with Gasteiger partial charge in [0.2, 0.25) is 0 Å². The molecule has 1 saturated carbocycles. The Balaban J connectivity index is 1.16. The first-order valence-electron chi connectivity index (χ1n) is 12.0. The lowest BCUT2D eigenvalue weighted by Gasteiger charge is -2.30. The van der Waals surface area contributed by atoms with Crippen LogP contribution in [0.5, 0.6) is 5.75 Å². The molecular formula is C26H27N3O7. The van der Waals surface area contributed by atoms with Crippen LogP contribution in [0, 0.1) is 0 Å². The first kappa shape index (κ1) is 23.7. The number of urea groups is 1. The van der Waals surface area contributed by atoms with E-state index in [1.165, 1.54) is 7.11 Å². The Labute approximate surface area is 206 Å². The van der Waals surface area contributed by atoms with Gasteiger partial charge in [0, 0.05) is 23.4 Å². The Morgan fingerprint density at radius 2 is 1.86 bits per heavy atom. The van der Waals surface area contributed by atoms with Crippen molar-refractivity contribution in [3.63, 3.8) is 0 Å². The summed E-state index contributed by atoms with van der Waals surface area (Å²) in [6, 6.07) is 10.5. The summed E-state index contributed by atoms with van der Waals surface area (Å²) in [7, 11) is 1.49. The number of rotatable bonds is 7. The smallest absolute Gasteiger partial charge is 0.325 e. The molecule has 1 spiro atoms. The highest BCUT2D eigenvalue weighted by Gasteiger charge is 2.51. The maximum absolute atomic E-state index is 12.8. The SMILES string of the molecule is COc1cc2c(cc1NC(=O)COC(=O)CCN1C(=O)NC3(CCCCC3)C1=O)oc1ccccc12. The predicted octanol–water partition coefficient (Wildman–Crippen LogP) is 3.72. The maximum Gasteiger partial charge on any atom is 0.325 e. The molecule has 10 nitrogen and oxygen atoms in total. The standard InChI is InChI=1S/C26H27N3O7/c1-34-21-13-17-16-7-3-4-8-19(16)36-20(17)14-18(21)27-22(30)15-35-23(31)9-12-29-24(32)26(28-25(29)33)10-5-2-6-11-26/h3-4,7-8,13-14H,2,5-6,9-12,15H2,1H3,(H,27,30)(H,28,33). The molecule has 0 unspecified atom stereocenters. The van der Waals surface area contributed by atoms with Gasteiger partial charge in [0.1, 0.15) is 22.5 Å². The Morgan fingerprint density at radius 1 is 1.08 bits per heavy atom. The molecule has 1 aliphatic carbocycles. The predicted molar refractivity (Wildman–Crippen MR) is 131 cm³/mol. The van der Waals surface area contributed by atoms with Crippen molar-refractivity contribution in [3.05, 3.63) is 36.4 Å². The van der Waals surface area contributed by atoms with Gasteiger partial charge >= 0.3 is 12.0 Å². The zero-order valence-electron chi connectivity index (χ0n) is 19.9. The van der Waals surface area contributed by atoms with Crippen LogP contribution in [-0.4, -0.2) is 54.5 Å². The van der Waals surface area contributed by atoms with Gasteiger partial charge in [-0.25, -0.2) is 4.79 Å². The summed E-state index contributed by atoms with van der Waals surface area (Å²) in [5.74, 6) is -1.10. The van der Waals surface area contributed by atoms with Gasteiger partial charge in [-0.3, -0.25) is 19.3 Å². The van der Waals surface area contributed by atoms with Crippen molar-refractivity contribution in [2.24, 2.45) is 0 Å². The quantitative estimate of drug-likeness (QED) is 0.379. The number of furan rings is 1. The van der Waals surface area contributed by atoms with Crippen molar-refractivity contribution in [1.82, 2.24) is 10.2 Å². The van der Waals surface area contributed by atoms with E-state index >= 15 is 0 Å². The number of carbonyl (C=O) groups is 4. The highest BCUT2D eigenvalue weighted by atomic mass is 16.5. The molecule has 188 valence electrons. The highest BCUT2D eigenvalue weighted by Crippen LogP contribution is 2.36. The molecular weight excluding hydrogens is 466 g/mol. The molecule has 2 aromatic carbocycles. The van der Waals surface area contributed by atoms with Crippen LogP contribution in [0.2, 0.25) is 0 Å². The molecule has 2 fully saturated rings. The number of ether oxygens (including phenoxy) is 2. The van der Waals surface area contributed by atoms with Gasteiger partial charge in [0.05, 0.1) is 19.2 Å². The number of amides is 4. The van der Waals surface area contributed by atoms with E-state index in [1.54, 1.807) is 12.1 Å². The number of methoxy groups -OCH3 is 1. The zero-order valence-corrected chi connectivity index (χ0v) is 19.9. The normalized spacial score (nSPS) is 17.0. The molecule has 4 amide bonds. The van der Waals surface area contributed by atoms with Crippen LogP contribution >= 0.6 is 0 Å². The molecule has 1 aromatic heterocycles. The van der Waals surface area contributed by atoms with E-state index in [4.69, 9.17) is 13.9 Å². The van der Waals surface area contributed by atoms with Gasteiger partial charge in [-0.05, 0) is 25.0 Å². The number of benzene rings is 2. The fourth-order valence-electron chi connectivity index (χ4n) is 5.00. The monoisotopic (exact) mass is 493 g/mol. The minimum atomic E-state index is -0.834. The van der Waals surface area contributed by atoms with Crippen LogP contribution < -0.4 is 15.4 Å². The molecule has 3 aromatic rings. The van der Waals surface area contributed by atoms with Gasteiger partial charge in [-0.1, -0.05) is 37.5 Å². The first-order chi connectivity index (χ1) is 17.4. The molecule has 36 heavy (non-hydrogen) atoms. The van der Waals surface area contributed by atoms with E-state index in [0.717, 1.165) is 34.9 Å². The summed E-state index contributed by atoms with van der Waals surface area (Å²) in [6.45, 7) is -0.617. The topological polar surface area (TPSA) is 127 Å². The van der Waals surface area contributed by atoms with Crippen LogP contribution in [0.4, 0.5) is 10.5 Å². The van der Waals surface area contributed by atoms with Crippen LogP contribution in [-0.2, 0) is 19.1 Å². The second-order valence-corrected chi connectivity index (χ2v) is 9.14. The highest BCUT2D eigenvalue weighted by molar-refractivity contribution is 6.08. The molecule has 0 radical (unpaired) electrons. The fourth-order valence-corrected chi connectivity index (χ4v) is 5.00. The van der Waals surface area contributed by atoms with E-state index in [9.17, 15) is 19.2 Å². The number of fused-ring (bicyclic) bond motifs is 3. The third-order valence-electron chi connectivity index (χ3n) is 6.83. The number of nitrogens with one attached hydrogen (secondary N) is 2. The second kappa shape index (κ2) is 9.52. The molecule has 0 atom stereocenters. The van der Waals surface area contributed by atoms with Crippen molar-refractivity contribution in [2.75, 3.05) is 25.6 Å². The average molecular weight is 494 g/mol. The summed E-state index contributed by atoms with van der Waals surface area (Å²) in [5, 5.41) is 7.25. The molecule has 1 aliphatic heterocycles. The summed E-state index contributed by atoms with van der Waals surface area (Å²) in [6.07, 6.45) is 3.83. The molecule has 5 rings (SSSR count). The zero-order chi connectivity index (χ0) is 25.3. The minimum Gasteiger partial charge on any atom is -0.495 e. The summed E-state index contributed by atoms with van der Waals surface area (Å²) in [5.41, 5.74) is 0.835. The Morgan fingerprint density at radius 3 is 2.64 bits per heavy atom. The van der Waals surface area contributed by atoms with Crippen molar-refractivity contribution in [2.45, 2.75) is 44.1 Å². The molecule has 2 N–H and O–H groups in total. The van der Waals surface area contributed by atoms with Crippen LogP contribution in [0.3, 0.4) is 0 Å². The second-order valence-electron chi connectivity index (χ2n) is 9.14. The van der Waals surface area contributed by atoms with Gasteiger partial charge in [0.15, 0.2) is 6.61 Å². The van der Waals surface area contributed by atoms with Crippen LogP contribution in [0.15, 0.2) is 40.8 Å². The van der Waals surface area contributed by atoms with E-state index in [-0.39, 0.29) is 18.9 Å². The number of imide groups is 1. The largest absolute Gasteiger partial charge is 0.495 e. The van der Waals surface area contributed by atoms with Gasteiger partial charge in [-0.15, -0.1) is 0 Å². The van der Waals surface area contributed by atoms with Crippen LogP contribution in [0.25, 0.3) is 21.9 Å².